The summed E-state index contributed by atoms with van der Waals surface area (Å²) in [6.45, 7) is 0. The van der Waals surface area contributed by atoms with Crippen LogP contribution in [0.1, 0.15) is 24.4 Å². The van der Waals surface area contributed by atoms with E-state index in [0.717, 1.165) is 29.3 Å². The third kappa shape index (κ3) is 2.05. The number of hydrogen-bond donors (Lipinski definition) is 1. The summed E-state index contributed by atoms with van der Waals surface area (Å²) in [6.07, 6.45) is 4.03. The molecule has 1 saturated carbocycles. The van der Waals surface area contributed by atoms with Crippen molar-refractivity contribution in [3.05, 3.63) is 41.0 Å². The van der Waals surface area contributed by atoms with Crippen molar-refractivity contribution in [3.8, 4) is 6.07 Å². The van der Waals surface area contributed by atoms with Gasteiger partial charge in [0.2, 0.25) is 0 Å². The van der Waals surface area contributed by atoms with Gasteiger partial charge < -0.3 is 0 Å². The Hall–Kier alpha value is -1.63. The highest BCUT2D eigenvalue weighted by Gasteiger charge is 2.26. The highest BCUT2D eigenvalue weighted by atomic mass is 35.5. The van der Waals surface area contributed by atoms with Gasteiger partial charge in [0, 0.05) is 28.2 Å². The molecule has 4 heteroatoms. The summed E-state index contributed by atoms with van der Waals surface area (Å²) >= 11 is 6.15. The molecule has 90 valence electrons. The third-order valence-electron chi connectivity index (χ3n) is 3.17. The average Bonchev–Trinajstić information content (AvgIpc) is 3.21. The molecule has 1 fully saturated rings. The first-order chi connectivity index (χ1) is 8.79. The number of hydrogen-bond acceptors (Lipinski definition) is 3. The van der Waals surface area contributed by atoms with E-state index in [1.165, 1.54) is 0 Å². The SMILES string of the molecule is N#CC(NC1CC1)c1ccc(Cl)c2cccnc12. The van der Waals surface area contributed by atoms with Crippen LogP contribution in [0.4, 0.5) is 0 Å². The third-order valence-corrected chi connectivity index (χ3v) is 3.50. The van der Waals surface area contributed by atoms with Crippen molar-refractivity contribution in [2.75, 3.05) is 0 Å². The van der Waals surface area contributed by atoms with E-state index in [0.29, 0.717) is 11.1 Å². The molecule has 3 nitrogen and oxygen atoms in total. The fourth-order valence-corrected chi connectivity index (χ4v) is 2.29. The fourth-order valence-electron chi connectivity index (χ4n) is 2.07. The maximum Gasteiger partial charge on any atom is 0.123 e. The van der Waals surface area contributed by atoms with Gasteiger partial charge in [-0.2, -0.15) is 5.26 Å². The standard InChI is InChI=1S/C14H12ClN3/c15-12-6-5-11(13(8-16)18-9-3-4-9)14-10(12)2-1-7-17-14/h1-2,5-7,9,13,18H,3-4H2. The fraction of sp³-hybridized carbons (Fsp3) is 0.286. The Morgan fingerprint density at radius 1 is 1.39 bits per heavy atom. The van der Waals surface area contributed by atoms with Crippen molar-refractivity contribution in [1.29, 1.82) is 5.26 Å². The lowest BCUT2D eigenvalue weighted by Crippen LogP contribution is -2.22. The first-order valence-corrected chi connectivity index (χ1v) is 6.36. The number of fused-ring (bicyclic) bond motifs is 1. The van der Waals surface area contributed by atoms with Gasteiger partial charge in [-0.05, 0) is 31.0 Å². The second-order valence-corrected chi connectivity index (χ2v) is 4.95. The van der Waals surface area contributed by atoms with Crippen molar-refractivity contribution in [2.45, 2.75) is 24.9 Å². The van der Waals surface area contributed by atoms with Gasteiger partial charge in [-0.15, -0.1) is 0 Å². The number of rotatable bonds is 3. The minimum atomic E-state index is -0.313. The van der Waals surface area contributed by atoms with E-state index in [1.807, 2.05) is 24.3 Å². The summed E-state index contributed by atoms with van der Waals surface area (Å²) < 4.78 is 0. The van der Waals surface area contributed by atoms with Crippen molar-refractivity contribution < 1.29 is 0 Å². The molecule has 1 aliphatic rings. The first-order valence-electron chi connectivity index (χ1n) is 5.98. The molecule has 1 heterocycles. The van der Waals surface area contributed by atoms with E-state index >= 15 is 0 Å². The Kier molecular flexibility index (Phi) is 2.91. The molecule has 1 aliphatic carbocycles. The van der Waals surface area contributed by atoms with Crippen LogP contribution in [0, 0.1) is 11.3 Å². The van der Waals surface area contributed by atoms with Gasteiger partial charge in [0.25, 0.3) is 0 Å². The molecule has 0 bridgehead atoms. The van der Waals surface area contributed by atoms with Crippen LogP contribution in [-0.2, 0) is 0 Å². The lowest BCUT2D eigenvalue weighted by Gasteiger charge is -2.13. The van der Waals surface area contributed by atoms with E-state index < -0.39 is 0 Å². The van der Waals surface area contributed by atoms with Crippen molar-refractivity contribution in [2.24, 2.45) is 0 Å². The molecular weight excluding hydrogens is 246 g/mol. The number of aromatic nitrogens is 1. The molecule has 0 saturated heterocycles. The molecule has 0 aliphatic heterocycles. The number of nitrogens with one attached hydrogen (secondary N) is 1. The lowest BCUT2D eigenvalue weighted by atomic mass is 10.0. The number of pyridine rings is 1. The van der Waals surface area contributed by atoms with Gasteiger partial charge >= 0.3 is 0 Å². The topological polar surface area (TPSA) is 48.7 Å². The van der Waals surface area contributed by atoms with Gasteiger partial charge in [0.1, 0.15) is 6.04 Å². The summed E-state index contributed by atoms with van der Waals surface area (Å²) in [5.74, 6) is 0. The van der Waals surface area contributed by atoms with Crippen LogP contribution in [0.2, 0.25) is 5.02 Å². The summed E-state index contributed by atoms with van der Waals surface area (Å²) in [5, 5.41) is 14.2. The summed E-state index contributed by atoms with van der Waals surface area (Å²) in [7, 11) is 0. The Balaban J connectivity index is 2.10. The van der Waals surface area contributed by atoms with Crippen LogP contribution in [0.5, 0.6) is 0 Å². The molecule has 1 aromatic heterocycles. The Morgan fingerprint density at radius 2 is 2.22 bits per heavy atom. The highest BCUT2D eigenvalue weighted by Crippen LogP contribution is 2.30. The molecule has 1 atom stereocenters. The summed E-state index contributed by atoms with van der Waals surface area (Å²) in [5.41, 5.74) is 1.72. The Morgan fingerprint density at radius 3 is 2.94 bits per heavy atom. The lowest BCUT2D eigenvalue weighted by molar-refractivity contribution is 0.628. The minimum absolute atomic E-state index is 0.313. The zero-order chi connectivity index (χ0) is 12.5. The zero-order valence-corrected chi connectivity index (χ0v) is 10.5. The first kappa shape index (κ1) is 11.5. The molecule has 0 radical (unpaired) electrons. The molecule has 0 spiro atoms. The Labute approximate surface area is 110 Å². The van der Waals surface area contributed by atoms with E-state index in [-0.39, 0.29) is 6.04 Å². The maximum atomic E-state index is 9.31. The molecule has 0 amide bonds. The average molecular weight is 258 g/mol. The molecule has 2 aromatic rings. The molecular formula is C14H12ClN3. The van der Waals surface area contributed by atoms with Gasteiger partial charge in [-0.25, -0.2) is 0 Å². The Bertz CT molecular complexity index is 628. The number of nitrogens with zero attached hydrogens (tertiary/aromatic N) is 2. The minimum Gasteiger partial charge on any atom is -0.295 e. The number of benzene rings is 1. The van der Waals surface area contributed by atoms with Gasteiger partial charge in [0.15, 0.2) is 0 Å². The quantitative estimate of drug-likeness (QED) is 0.919. The van der Waals surface area contributed by atoms with E-state index in [2.05, 4.69) is 16.4 Å². The molecule has 1 aromatic carbocycles. The summed E-state index contributed by atoms with van der Waals surface area (Å²) in [6, 6.07) is 9.98. The van der Waals surface area contributed by atoms with Gasteiger partial charge in [0.05, 0.1) is 11.6 Å². The monoisotopic (exact) mass is 257 g/mol. The number of halogens is 1. The van der Waals surface area contributed by atoms with Crippen molar-refractivity contribution >= 4 is 22.5 Å². The normalized spacial score (nSPS) is 16.4. The molecule has 1 unspecified atom stereocenters. The zero-order valence-electron chi connectivity index (χ0n) is 9.73. The van der Waals surface area contributed by atoms with E-state index in [4.69, 9.17) is 11.6 Å². The van der Waals surface area contributed by atoms with Crippen LogP contribution in [0.3, 0.4) is 0 Å². The van der Waals surface area contributed by atoms with Crippen molar-refractivity contribution in [3.63, 3.8) is 0 Å². The van der Waals surface area contributed by atoms with E-state index in [1.54, 1.807) is 6.20 Å². The van der Waals surface area contributed by atoms with Crippen LogP contribution in [0.15, 0.2) is 30.5 Å². The van der Waals surface area contributed by atoms with Crippen molar-refractivity contribution in [1.82, 2.24) is 10.3 Å². The largest absolute Gasteiger partial charge is 0.295 e. The summed E-state index contributed by atoms with van der Waals surface area (Å²) in [4.78, 5) is 4.36. The van der Waals surface area contributed by atoms with Crippen LogP contribution in [-0.4, -0.2) is 11.0 Å². The van der Waals surface area contributed by atoms with Crippen LogP contribution >= 0.6 is 11.6 Å². The van der Waals surface area contributed by atoms with Gasteiger partial charge in [-0.1, -0.05) is 17.7 Å². The molecule has 3 rings (SSSR count). The molecule has 18 heavy (non-hydrogen) atoms. The maximum absolute atomic E-state index is 9.31. The van der Waals surface area contributed by atoms with Crippen LogP contribution < -0.4 is 5.32 Å². The van der Waals surface area contributed by atoms with E-state index in [9.17, 15) is 5.26 Å². The highest BCUT2D eigenvalue weighted by molar-refractivity contribution is 6.35. The number of nitriles is 1. The van der Waals surface area contributed by atoms with Gasteiger partial charge in [-0.3, -0.25) is 10.3 Å². The second kappa shape index (κ2) is 4.56. The predicted molar refractivity (Wildman–Crippen MR) is 71.3 cm³/mol. The molecule has 1 N–H and O–H groups in total. The smallest absolute Gasteiger partial charge is 0.123 e. The second-order valence-electron chi connectivity index (χ2n) is 4.54. The van der Waals surface area contributed by atoms with Crippen LogP contribution in [0.25, 0.3) is 10.9 Å². The predicted octanol–water partition coefficient (Wildman–Crippen LogP) is 3.20.